The van der Waals surface area contributed by atoms with E-state index in [2.05, 4.69) is 31.2 Å². The van der Waals surface area contributed by atoms with E-state index in [1.54, 1.807) is 0 Å². The fourth-order valence-corrected chi connectivity index (χ4v) is 1.86. The summed E-state index contributed by atoms with van der Waals surface area (Å²) >= 11 is 0. The van der Waals surface area contributed by atoms with Gasteiger partial charge in [-0.3, -0.25) is 4.79 Å². The zero-order chi connectivity index (χ0) is 14.5. The van der Waals surface area contributed by atoms with Crippen molar-refractivity contribution in [3.8, 4) is 0 Å². The third-order valence-electron chi connectivity index (χ3n) is 2.95. The summed E-state index contributed by atoms with van der Waals surface area (Å²) in [6, 6.07) is 8.74. The van der Waals surface area contributed by atoms with Gasteiger partial charge in [-0.2, -0.15) is 0 Å². The van der Waals surface area contributed by atoms with Crippen molar-refractivity contribution in [2.75, 3.05) is 0 Å². The van der Waals surface area contributed by atoms with Gasteiger partial charge in [-0.15, -0.1) is 0 Å². The van der Waals surface area contributed by atoms with Crippen molar-refractivity contribution >= 4 is 5.97 Å². The zero-order valence-electron chi connectivity index (χ0n) is 12.6. The molecule has 0 aliphatic heterocycles. The van der Waals surface area contributed by atoms with E-state index in [4.69, 9.17) is 5.11 Å². The van der Waals surface area contributed by atoms with Crippen molar-refractivity contribution < 1.29 is 9.90 Å². The number of rotatable bonds is 8. The van der Waals surface area contributed by atoms with Gasteiger partial charge in [0.15, 0.2) is 0 Å². The molecule has 0 saturated heterocycles. The second-order valence-corrected chi connectivity index (χ2v) is 4.52. The molecule has 0 radical (unpaired) electrons. The summed E-state index contributed by atoms with van der Waals surface area (Å²) in [5.74, 6) is -0.695. The molecule has 0 heterocycles. The maximum Gasteiger partial charge on any atom is 0.303 e. The van der Waals surface area contributed by atoms with Gasteiger partial charge in [-0.25, -0.2) is 0 Å². The van der Waals surface area contributed by atoms with E-state index in [9.17, 15) is 4.79 Å². The van der Waals surface area contributed by atoms with E-state index in [0.29, 0.717) is 0 Å². The molecule has 0 bridgehead atoms. The molecule has 1 rings (SSSR count). The summed E-state index contributed by atoms with van der Waals surface area (Å²) in [5, 5.41) is 8.53. The molecule has 108 valence electrons. The number of carboxylic acid groups (broad SMARTS) is 1. The summed E-state index contributed by atoms with van der Waals surface area (Å²) in [6.45, 7) is 6.21. The Morgan fingerprint density at radius 3 is 1.84 bits per heavy atom. The number of benzene rings is 1. The fourth-order valence-electron chi connectivity index (χ4n) is 1.86. The molecule has 1 aromatic rings. The molecule has 0 aliphatic carbocycles. The third-order valence-corrected chi connectivity index (χ3v) is 2.95. The highest BCUT2D eigenvalue weighted by molar-refractivity contribution is 5.66. The molecule has 0 fully saturated rings. The van der Waals surface area contributed by atoms with Crippen molar-refractivity contribution in [3.05, 3.63) is 35.4 Å². The van der Waals surface area contributed by atoms with E-state index in [-0.39, 0.29) is 6.42 Å². The lowest BCUT2D eigenvalue weighted by molar-refractivity contribution is -0.137. The Labute approximate surface area is 117 Å². The lowest BCUT2D eigenvalue weighted by Crippen LogP contribution is -1.95. The van der Waals surface area contributed by atoms with Gasteiger partial charge in [0.2, 0.25) is 0 Å². The van der Waals surface area contributed by atoms with E-state index in [0.717, 1.165) is 25.7 Å². The van der Waals surface area contributed by atoms with Gasteiger partial charge in [0.25, 0.3) is 0 Å². The van der Waals surface area contributed by atoms with Crippen molar-refractivity contribution in [2.24, 2.45) is 0 Å². The maximum atomic E-state index is 10.4. The van der Waals surface area contributed by atoms with Crippen LogP contribution >= 0.6 is 0 Å². The van der Waals surface area contributed by atoms with Crippen molar-refractivity contribution in [1.82, 2.24) is 0 Å². The first-order valence-electron chi connectivity index (χ1n) is 7.52. The highest BCUT2D eigenvalue weighted by atomic mass is 16.4. The number of carbonyl (C=O) groups is 1. The minimum atomic E-state index is -0.695. The molecule has 0 spiro atoms. The Kier molecular flexibility index (Phi) is 11.0. The van der Waals surface area contributed by atoms with Crippen LogP contribution < -0.4 is 0 Å². The van der Waals surface area contributed by atoms with Gasteiger partial charge in [0.05, 0.1) is 0 Å². The first-order valence-corrected chi connectivity index (χ1v) is 7.52. The molecule has 2 heteroatoms. The van der Waals surface area contributed by atoms with Crippen molar-refractivity contribution in [2.45, 2.75) is 65.7 Å². The smallest absolute Gasteiger partial charge is 0.303 e. The SMILES string of the molecule is CC.CCCCc1ccc(CCCCC(=O)O)cc1. The average Bonchev–Trinajstić information content (AvgIpc) is 2.44. The van der Waals surface area contributed by atoms with E-state index < -0.39 is 5.97 Å². The topological polar surface area (TPSA) is 37.3 Å². The first-order chi connectivity index (χ1) is 9.22. The summed E-state index contributed by atoms with van der Waals surface area (Å²) in [5.41, 5.74) is 2.72. The van der Waals surface area contributed by atoms with Crippen LogP contribution in [-0.2, 0) is 17.6 Å². The number of hydrogen-bond acceptors (Lipinski definition) is 1. The molecule has 2 nitrogen and oxygen atoms in total. The van der Waals surface area contributed by atoms with Crippen LogP contribution in [0.15, 0.2) is 24.3 Å². The second-order valence-electron chi connectivity index (χ2n) is 4.52. The van der Waals surface area contributed by atoms with Crippen LogP contribution in [-0.4, -0.2) is 11.1 Å². The predicted octanol–water partition coefficient (Wildman–Crippen LogP) is 4.85. The first kappa shape index (κ1) is 17.7. The lowest BCUT2D eigenvalue weighted by Gasteiger charge is -2.03. The average molecular weight is 264 g/mol. The van der Waals surface area contributed by atoms with Crippen LogP contribution in [0.2, 0.25) is 0 Å². The summed E-state index contributed by atoms with van der Waals surface area (Å²) < 4.78 is 0. The van der Waals surface area contributed by atoms with Gasteiger partial charge in [-0.1, -0.05) is 51.5 Å². The minimum Gasteiger partial charge on any atom is -0.481 e. The van der Waals surface area contributed by atoms with Crippen LogP contribution in [0.3, 0.4) is 0 Å². The number of hydrogen-bond donors (Lipinski definition) is 1. The maximum absolute atomic E-state index is 10.4. The number of unbranched alkanes of at least 4 members (excludes halogenated alkanes) is 2. The van der Waals surface area contributed by atoms with Crippen LogP contribution in [0.1, 0.15) is 64.0 Å². The van der Waals surface area contributed by atoms with Gasteiger partial charge < -0.3 is 5.11 Å². The number of carboxylic acids is 1. The van der Waals surface area contributed by atoms with Crippen LogP contribution in [0.4, 0.5) is 0 Å². The minimum absolute atomic E-state index is 0.286. The normalized spacial score (nSPS) is 9.63. The Morgan fingerprint density at radius 1 is 0.947 bits per heavy atom. The van der Waals surface area contributed by atoms with Crippen LogP contribution in [0.25, 0.3) is 0 Å². The van der Waals surface area contributed by atoms with E-state index in [1.165, 1.54) is 24.0 Å². The third kappa shape index (κ3) is 9.29. The number of aryl methyl sites for hydroxylation is 2. The molecule has 19 heavy (non-hydrogen) atoms. The Bertz CT molecular complexity index is 328. The molecular formula is C17H28O2. The van der Waals surface area contributed by atoms with Gasteiger partial charge >= 0.3 is 5.97 Å². The standard InChI is InChI=1S/C15H22O2.C2H6/c1-2-3-6-13-9-11-14(12-10-13)7-4-5-8-15(16)17;1-2/h9-12H,2-8H2,1H3,(H,16,17);1-2H3. The molecule has 0 atom stereocenters. The van der Waals surface area contributed by atoms with Crippen molar-refractivity contribution in [1.29, 1.82) is 0 Å². The fraction of sp³-hybridized carbons (Fsp3) is 0.588. The summed E-state index contributed by atoms with van der Waals surface area (Å²) in [7, 11) is 0. The summed E-state index contributed by atoms with van der Waals surface area (Å²) in [4.78, 5) is 10.4. The lowest BCUT2D eigenvalue weighted by atomic mass is 10.0. The Hall–Kier alpha value is -1.31. The molecular weight excluding hydrogens is 236 g/mol. The quantitative estimate of drug-likeness (QED) is 0.681. The number of aliphatic carboxylic acids is 1. The molecule has 0 saturated carbocycles. The second kappa shape index (κ2) is 11.8. The van der Waals surface area contributed by atoms with Crippen molar-refractivity contribution in [3.63, 3.8) is 0 Å². The van der Waals surface area contributed by atoms with E-state index in [1.807, 2.05) is 13.8 Å². The highest BCUT2D eigenvalue weighted by Gasteiger charge is 1.98. The predicted molar refractivity (Wildman–Crippen MR) is 81.6 cm³/mol. The van der Waals surface area contributed by atoms with Gasteiger partial charge in [-0.05, 0) is 43.2 Å². The molecule has 0 amide bonds. The highest BCUT2D eigenvalue weighted by Crippen LogP contribution is 2.11. The molecule has 0 aliphatic rings. The summed E-state index contributed by atoms with van der Waals surface area (Å²) in [6.07, 6.45) is 6.65. The molecule has 0 aromatic heterocycles. The Morgan fingerprint density at radius 2 is 1.42 bits per heavy atom. The van der Waals surface area contributed by atoms with Gasteiger partial charge in [0.1, 0.15) is 0 Å². The monoisotopic (exact) mass is 264 g/mol. The largest absolute Gasteiger partial charge is 0.481 e. The Balaban J connectivity index is 0.00000154. The zero-order valence-corrected chi connectivity index (χ0v) is 12.6. The van der Waals surface area contributed by atoms with Crippen LogP contribution in [0.5, 0.6) is 0 Å². The van der Waals surface area contributed by atoms with Crippen LogP contribution in [0, 0.1) is 0 Å². The van der Waals surface area contributed by atoms with E-state index >= 15 is 0 Å². The van der Waals surface area contributed by atoms with Gasteiger partial charge in [0, 0.05) is 6.42 Å². The molecule has 1 aromatic carbocycles. The molecule has 0 unspecified atom stereocenters. The molecule has 1 N–H and O–H groups in total.